The van der Waals surface area contributed by atoms with Gasteiger partial charge in [-0.2, -0.15) is 0 Å². The van der Waals surface area contributed by atoms with E-state index in [4.69, 9.17) is 25.8 Å². The zero-order valence-corrected chi connectivity index (χ0v) is 17.2. The quantitative estimate of drug-likeness (QED) is 0.598. The summed E-state index contributed by atoms with van der Waals surface area (Å²) in [6, 6.07) is 1.83. The van der Waals surface area contributed by atoms with Crippen LogP contribution in [0.2, 0.25) is 0 Å². The van der Waals surface area contributed by atoms with Gasteiger partial charge in [0.25, 0.3) is 0 Å². The van der Waals surface area contributed by atoms with E-state index in [0.717, 1.165) is 29.6 Å². The molecule has 0 heterocycles. The normalized spacial score (nSPS) is 21.0. The highest BCUT2D eigenvalue weighted by atomic mass is 79.9. The molecule has 1 aromatic rings. The van der Waals surface area contributed by atoms with Crippen LogP contribution in [-0.2, 0) is 4.79 Å². The minimum atomic E-state index is 0.0243. The summed E-state index contributed by atoms with van der Waals surface area (Å²) in [5.74, 6) is 1.81. The maximum absolute atomic E-state index is 13.0. The van der Waals surface area contributed by atoms with Crippen LogP contribution < -0.4 is 14.2 Å². The second-order valence-electron chi connectivity index (χ2n) is 6.18. The first-order valence-corrected chi connectivity index (χ1v) is 9.48. The molecule has 26 heavy (non-hydrogen) atoms. The Hall–Kier alpha value is -1.72. The van der Waals surface area contributed by atoms with Crippen LogP contribution in [0.3, 0.4) is 0 Å². The number of allylic oxidation sites excluding steroid dienone is 5. The highest BCUT2D eigenvalue weighted by Gasteiger charge is 2.32. The van der Waals surface area contributed by atoms with Gasteiger partial charge in [0.1, 0.15) is 0 Å². The summed E-state index contributed by atoms with van der Waals surface area (Å²) in [5, 5.41) is 0.556. The van der Waals surface area contributed by atoms with Crippen LogP contribution in [0.1, 0.15) is 24.8 Å². The molecule has 0 bridgehead atoms. The van der Waals surface area contributed by atoms with Crippen LogP contribution in [-0.4, -0.2) is 27.1 Å². The van der Waals surface area contributed by atoms with E-state index in [1.807, 2.05) is 24.3 Å². The minimum Gasteiger partial charge on any atom is -0.493 e. The van der Waals surface area contributed by atoms with E-state index in [1.165, 1.54) is 0 Å². The van der Waals surface area contributed by atoms with E-state index in [9.17, 15) is 4.79 Å². The Bertz CT molecular complexity index is 839. The number of carbonyl (C=O) groups excluding carboxylic acids is 1. The number of methoxy groups -OCH3 is 3. The molecule has 0 radical (unpaired) electrons. The molecule has 3 rings (SSSR count). The molecule has 2 aliphatic rings. The van der Waals surface area contributed by atoms with Gasteiger partial charge in [0.2, 0.25) is 5.75 Å². The van der Waals surface area contributed by atoms with Gasteiger partial charge in [0, 0.05) is 16.2 Å². The van der Waals surface area contributed by atoms with E-state index >= 15 is 0 Å². The van der Waals surface area contributed by atoms with Gasteiger partial charge in [-0.1, -0.05) is 17.7 Å². The molecule has 1 unspecified atom stereocenters. The Morgan fingerprint density at radius 2 is 1.92 bits per heavy atom. The second kappa shape index (κ2) is 7.89. The van der Waals surface area contributed by atoms with E-state index in [0.29, 0.717) is 33.2 Å². The van der Waals surface area contributed by atoms with Gasteiger partial charge in [-0.15, -0.1) is 0 Å². The molecule has 1 saturated carbocycles. The number of benzene rings is 1. The lowest BCUT2D eigenvalue weighted by atomic mass is 9.76. The van der Waals surface area contributed by atoms with Crippen LogP contribution in [0.4, 0.5) is 0 Å². The lowest BCUT2D eigenvalue weighted by Crippen LogP contribution is -2.23. The first-order valence-electron chi connectivity index (χ1n) is 8.31. The first-order chi connectivity index (χ1) is 12.5. The molecule has 0 aromatic heterocycles. The number of fused-ring (bicyclic) bond motifs is 1. The van der Waals surface area contributed by atoms with Gasteiger partial charge < -0.3 is 14.2 Å². The first kappa shape index (κ1) is 19.1. The summed E-state index contributed by atoms with van der Waals surface area (Å²) in [5.41, 5.74) is 2.26. The fourth-order valence-electron chi connectivity index (χ4n) is 3.48. The van der Waals surface area contributed by atoms with Crippen molar-refractivity contribution in [2.45, 2.75) is 19.3 Å². The van der Waals surface area contributed by atoms with Crippen molar-refractivity contribution in [2.75, 3.05) is 21.3 Å². The summed E-state index contributed by atoms with van der Waals surface area (Å²) in [7, 11) is 4.69. The standard InChI is InChI=1S/C20H20BrClO4/c1-24-15-10-13(17(21)20(26-3)19(15)25-2)9-12-8-7-11-5-4-6-14(22)16(11)18(12)23/h4,6,9-11H,5,7-8H2,1-3H3. The lowest BCUT2D eigenvalue weighted by Gasteiger charge is -2.28. The van der Waals surface area contributed by atoms with Crippen molar-refractivity contribution in [1.29, 1.82) is 0 Å². The molecule has 6 heteroatoms. The number of hydrogen-bond donors (Lipinski definition) is 0. The molecule has 1 atom stereocenters. The fourth-order valence-corrected chi connectivity index (χ4v) is 4.38. The number of rotatable bonds is 4. The Morgan fingerprint density at radius 3 is 2.58 bits per heavy atom. The predicted octanol–water partition coefficient (Wildman–Crippen LogP) is 5.29. The summed E-state index contributed by atoms with van der Waals surface area (Å²) < 4.78 is 17.0. The summed E-state index contributed by atoms with van der Waals surface area (Å²) in [4.78, 5) is 13.0. The van der Waals surface area contributed by atoms with Crippen LogP contribution in [0.15, 0.2) is 38.9 Å². The van der Waals surface area contributed by atoms with Crippen molar-refractivity contribution >= 4 is 39.4 Å². The van der Waals surface area contributed by atoms with Crippen LogP contribution in [0, 0.1) is 5.92 Å². The number of ether oxygens (including phenoxy) is 3. The van der Waals surface area contributed by atoms with Gasteiger partial charge in [-0.3, -0.25) is 4.79 Å². The zero-order chi connectivity index (χ0) is 18.8. The highest BCUT2D eigenvalue weighted by molar-refractivity contribution is 9.10. The topological polar surface area (TPSA) is 44.8 Å². The number of hydrogen-bond acceptors (Lipinski definition) is 4. The Kier molecular flexibility index (Phi) is 5.78. The van der Waals surface area contributed by atoms with E-state index < -0.39 is 0 Å². The monoisotopic (exact) mass is 438 g/mol. The van der Waals surface area contributed by atoms with Gasteiger partial charge in [-0.05, 0) is 64.9 Å². The van der Waals surface area contributed by atoms with Crippen LogP contribution in [0.25, 0.3) is 6.08 Å². The maximum atomic E-state index is 13.0. The van der Waals surface area contributed by atoms with Gasteiger partial charge >= 0.3 is 0 Å². The molecule has 0 amide bonds. The summed E-state index contributed by atoms with van der Waals surface area (Å²) >= 11 is 9.86. The maximum Gasteiger partial charge on any atom is 0.204 e. The molecule has 1 aromatic carbocycles. The Labute approximate surface area is 166 Å². The second-order valence-corrected chi connectivity index (χ2v) is 7.38. The molecule has 0 N–H and O–H groups in total. The molecule has 0 saturated heterocycles. The third kappa shape index (κ3) is 3.30. The molecule has 138 valence electrons. The minimum absolute atomic E-state index is 0.0243. The number of Topliss-reactive ketones (excluding diaryl/α,β-unsaturated/α-hetero) is 1. The summed E-state index contributed by atoms with van der Waals surface area (Å²) in [6.45, 7) is 0. The number of ketones is 1. The average Bonchev–Trinajstić information content (AvgIpc) is 2.64. The molecular weight excluding hydrogens is 420 g/mol. The van der Waals surface area contributed by atoms with Crippen LogP contribution >= 0.6 is 27.5 Å². The highest BCUT2D eigenvalue weighted by Crippen LogP contribution is 2.46. The van der Waals surface area contributed by atoms with Crippen molar-refractivity contribution in [3.8, 4) is 17.2 Å². The van der Waals surface area contributed by atoms with E-state index in [1.54, 1.807) is 21.3 Å². The predicted molar refractivity (Wildman–Crippen MR) is 106 cm³/mol. The smallest absolute Gasteiger partial charge is 0.204 e. The van der Waals surface area contributed by atoms with E-state index in [2.05, 4.69) is 15.9 Å². The van der Waals surface area contributed by atoms with Gasteiger partial charge in [-0.25, -0.2) is 0 Å². The Balaban J connectivity index is 2.08. The van der Waals surface area contributed by atoms with Crippen molar-refractivity contribution in [3.63, 3.8) is 0 Å². The molecule has 2 aliphatic carbocycles. The van der Waals surface area contributed by atoms with Gasteiger partial charge in [0.15, 0.2) is 17.3 Å². The number of halogens is 2. The largest absolute Gasteiger partial charge is 0.493 e. The fraction of sp³-hybridized carbons (Fsp3) is 0.350. The van der Waals surface area contributed by atoms with Crippen molar-refractivity contribution in [1.82, 2.24) is 0 Å². The van der Waals surface area contributed by atoms with Crippen LogP contribution in [0.5, 0.6) is 17.2 Å². The molecule has 1 fully saturated rings. The molecule has 4 nitrogen and oxygen atoms in total. The lowest BCUT2D eigenvalue weighted by molar-refractivity contribution is -0.113. The van der Waals surface area contributed by atoms with Crippen molar-refractivity contribution in [3.05, 3.63) is 44.4 Å². The average molecular weight is 440 g/mol. The van der Waals surface area contributed by atoms with Crippen molar-refractivity contribution < 1.29 is 19.0 Å². The molecular formula is C20H20BrClO4. The third-order valence-electron chi connectivity index (χ3n) is 4.78. The zero-order valence-electron chi connectivity index (χ0n) is 14.9. The number of carbonyl (C=O) groups is 1. The third-order valence-corrected chi connectivity index (χ3v) is 5.92. The summed E-state index contributed by atoms with van der Waals surface area (Å²) in [6.07, 6.45) is 8.24. The Morgan fingerprint density at radius 1 is 1.19 bits per heavy atom. The molecule has 0 aliphatic heterocycles. The van der Waals surface area contributed by atoms with Crippen molar-refractivity contribution in [2.24, 2.45) is 5.92 Å². The van der Waals surface area contributed by atoms with Gasteiger partial charge in [0.05, 0.1) is 25.8 Å². The SMILES string of the molecule is COc1cc(C=C2CCC3CC=CC(Cl)=C3C2=O)c(Br)c(OC)c1OC. The molecule has 0 spiro atoms. The van der Waals surface area contributed by atoms with E-state index in [-0.39, 0.29) is 11.7 Å².